The molecule has 0 aliphatic rings. The van der Waals surface area contributed by atoms with E-state index < -0.39 is 23.5 Å². The average Bonchev–Trinajstić information content (AvgIpc) is 1.41. The second-order valence-corrected chi connectivity index (χ2v) is 4.02. The van der Waals surface area contributed by atoms with E-state index in [0.29, 0.717) is 0 Å². The molecular formula is AlLiO12P3V-5. The Balaban J connectivity index is -0.0000000277. The molecular weight excluding hydrogens is 370 g/mol. The first-order valence-electron chi connectivity index (χ1n) is 2.19. The predicted octanol–water partition coefficient (Wildman–Crippen LogP) is -11.9. The molecule has 0 aromatic rings. The Morgan fingerprint density at radius 1 is 0.500 bits per heavy atom. The van der Waals surface area contributed by atoms with Crippen molar-refractivity contribution in [3.63, 3.8) is 0 Å². The molecule has 1 radical (unpaired) electrons. The van der Waals surface area contributed by atoms with Crippen LogP contribution in [0.15, 0.2) is 0 Å². The summed E-state index contributed by atoms with van der Waals surface area (Å²) in [6.07, 6.45) is 0. The maximum absolute atomic E-state index is 8.55. The summed E-state index contributed by atoms with van der Waals surface area (Å²) in [5, 5.41) is 0. The quantitative estimate of drug-likeness (QED) is 0.284. The fourth-order valence-electron chi connectivity index (χ4n) is 0. The molecule has 0 amide bonds. The van der Waals surface area contributed by atoms with Crippen LogP contribution in [-0.4, -0.2) is 17.4 Å². The second kappa shape index (κ2) is 15.4. The standard InChI is InChI=1S/Al.Li.3H3O4P.V/c;;3*1-5(2,3)4;/h;;3*(H3,1,2,3,4);/q+3;+1;;;;/p-9. The number of rotatable bonds is 0. The van der Waals surface area contributed by atoms with Gasteiger partial charge in [0.15, 0.2) is 0 Å². The molecule has 0 aliphatic carbocycles. The zero-order valence-corrected chi connectivity index (χ0v) is 13.5. The first kappa shape index (κ1) is 36.9. The molecule has 0 rings (SSSR count). The first-order valence-corrected chi connectivity index (χ1v) is 6.57. The molecule has 18 heavy (non-hydrogen) atoms. The summed E-state index contributed by atoms with van der Waals surface area (Å²) in [6, 6.07) is 0. The maximum Gasteiger partial charge on any atom is 3.00 e. The Labute approximate surface area is 135 Å². The van der Waals surface area contributed by atoms with Crippen LogP contribution in [0.3, 0.4) is 0 Å². The van der Waals surface area contributed by atoms with Gasteiger partial charge in [0.1, 0.15) is 0 Å². The molecule has 101 valence electrons. The number of hydrogen-bond acceptors (Lipinski definition) is 12. The minimum Gasteiger partial charge on any atom is -0.822 e. The Morgan fingerprint density at radius 3 is 0.500 bits per heavy atom. The van der Waals surface area contributed by atoms with Crippen LogP contribution in [-0.2, 0) is 32.3 Å². The van der Waals surface area contributed by atoms with Crippen molar-refractivity contribution in [1.29, 1.82) is 0 Å². The Bertz CT molecular complexity index is 213. The van der Waals surface area contributed by atoms with Gasteiger partial charge in [-0.25, -0.2) is 0 Å². The number of phosphoric acid groups is 3. The molecule has 0 aromatic heterocycles. The van der Waals surface area contributed by atoms with Crippen LogP contribution in [0, 0.1) is 0 Å². The van der Waals surface area contributed by atoms with Crippen molar-refractivity contribution >= 4 is 40.8 Å². The zero-order valence-electron chi connectivity index (χ0n) is 8.27. The van der Waals surface area contributed by atoms with Gasteiger partial charge in [0.05, 0.1) is 0 Å². The van der Waals surface area contributed by atoms with Crippen molar-refractivity contribution in [2.24, 2.45) is 0 Å². The van der Waals surface area contributed by atoms with E-state index in [0.717, 1.165) is 0 Å². The summed E-state index contributed by atoms with van der Waals surface area (Å²) in [5.41, 5.74) is 0. The minimum atomic E-state index is -5.39. The molecule has 0 atom stereocenters. The fraction of sp³-hybridized carbons (Fsp3) is 0. The van der Waals surface area contributed by atoms with Crippen molar-refractivity contribution in [3.8, 4) is 0 Å². The van der Waals surface area contributed by atoms with E-state index in [1.807, 2.05) is 0 Å². The Hall–Kier alpha value is 2.04. The summed E-state index contributed by atoms with van der Waals surface area (Å²) in [5.74, 6) is 0. The molecule has 12 nitrogen and oxygen atoms in total. The number of hydrogen-bond donors (Lipinski definition) is 0. The van der Waals surface area contributed by atoms with Crippen LogP contribution in [0.4, 0.5) is 0 Å². The van der Waals surface area contributed by atoms with E-state index >= 15 is 0 Å². The van der Waals surface area contributed by atoms with E-state index in [9.17, 15) is 0 Å². The van der Waals surface area contributed by atoms with Crippen molar-refractivity contribution in [2.45, 2.75) is 0 Å². The third kappa shape index (κ3) is 1250. The molecule has 0 spiro atoms. The van der Waals surface area contributed by atoms with Crippen molar-refractivity contribution in [1.82, 2.24) is 0 Å². The average molecular weight is 370 g/mol. The van der Waals surface area contributed by atoms with Gasteiger partial charge in [-0.3, -0.25) is 0 Å². The zero-order chi connectivity index (χ0) is 13.5. The summed E-state index contributed by atoms with van der Waals surface area (Å²) >= 11 is 0. The van der Waals surface area contributed by atoms with Crippen molar-refractivity contribution < 1.29 is 95.2 Å². The second-order valence-electron chi connectivity index (χ2n) is 1.34. The van der Waals surface area contributed by atoms with Crippen LogP contribution in [0.2, 0.25) is 0 Å². The normalized spacial score (nSPS) is 9.83. The monoisotopic (exact) mass is 370 g/mol. The Morgan fingerprint density at radius 2 is 0.500 bits per heavy atom. The summed E-state index contributed by atoms with van der Waals surface area (Å²) in [4.78, 5) is 76.9. The topological polar surface area (TPSA) is 259 Å². The molecule has 18 heteroatoms. The smallest absolute Gasteiger partial charge is 0.822 e. The van der Waals surface area contributed by atoms with Crippen molar-refractivity contribution in [3.05, 3.63) is 0 Å². The maximum atomic E-state index is 8.55. The van der Waals surface area contributed by atoms with Gasteiger partial charge in [-0.1, -0.05) is 0 Å². The van der Waals surface area contributed by atoms with E-state index in [2.05, 4.69) is 0 Å². The van der Waals surface area contributed by atoms with E-state index in [1.54, 1.807) is 0 Å². The van der Waals surface area contributed by atoms with Crippen LogP contribution in [0.5, 0.6) is 0 Å². The van der Waals surface area contributed by atoms with Crippen LogP contribution < -0.4 is 62.9 Å². The van der Waals surface area contributed by atoms with Crippen LogP contribution in [0.25, 0.3) is 0 Å². The van der Waals surface area contributed by atoms with Gasteiger partial charge < -0.3 is 57.7 Å². The van der Waals surface area contributed by atoms with Crippen molar-refractivity contribution in [2.75, 3.05) is 0 Å². The van der Waals surface area contributed by atoms with E-state index in [4.69, 9.17) is 57.7 Å². The molecule has 0 aliphatic heterocycles. The van der Waals surface area contributed by atoms with Gasteiger partial charge >= 0.3 is 36.2 Å². The minimum absolute atomic E-state index is 0. The van der Waals surface area contributed by atoms with Gasteiger partial charge in [0.25, 0.3) is 0 Å². The molecule has 0 unspecified atom stereocenters. The molecule has 0 heterocycles. The SMILES string of the molecule is O=P([O-])([O-])[O-].O=P([O-])([O-])[O-].O=P([O-])([O-])[O-].[Al+3].[Li+].[V]. The van der Waals surface area contributed by atoms with Gasteiger partial charge in [0.2, 0.25) is 0 Å². The Kier molecular flexibility index (Phi) is 31.6. The van der Waals surface area contributed by atoms with E-state index in [1.165, 1.54) is 0 Å². The summed E-state index contributed by atoms with van der Waals surface area (Å²) in [7, 11) is -16.2. The molecule has 0 fully saturated rings. The third-order valence-electron chi connectivity index (χ3n) is 0. The van der Waals surface area contributed by atoms with Gasteiger partial charge in [-0.05, 0) is 0 Å². The fourth-order valence-corrected chi connectivity index (χ4v) is 0. The molecule has 0 saturated carbocycles. The summed E-state index contributed by atoms with van der Waals surface area (Å²) in [6.45, 7) is 0. The van der Waals surface area contributed by atoms with Gasteiger partial charge in [0, 0.05) is 18.6 Å². The third-order valence-corrected chi connectivity index (χ3v) is 0. The summed E-state index contributed by atoms with van der Waals surface area (Å²) < 4.78 is 25.6. The van der Waals surface area contributed by atoms with Gasteiger partial charge in [-0.15, -0.1) is 0 Å². The molecule has 0 bridgehead atoms. The largest absolute Gasteiger partial charge is 3.00 e. The molecule has 0 N–H and O–H groups in total. The van der Waals surface area contributed by atoms with Crippen LogP contribution in [0.1, 0.15) is 0 Å². The predicted molar refractivity (Wildman–Crippen MR) is 28.6 cm³/mol. The molecule has 0 saturated heterocycles. The van der Waals surface area contributed by atoms with Gasteiger partial charge in [-0.2, -0.15) is 23.5 Å². The van der Waals surface area contributed by atoms with E-state index in [-0.39, 0.29) is 54.8 Å². The first-order chi connectivity index (χ1) is 6.00. The van der Waals surface area contributed by atoms with Crippen LogP contribution >= 0.6 is 23.5 Å². The molecule has 0 aromatic carbocycles.